The van der Waals surface area contributed by atoms with Crippen molar-refractivity contribution in [3.8, 4) is 11.5 Å². The number of amides is 1. The molecule has 0 spiro atoms. The molecule has 1 unspecified atom stereocenters. The number of carbonyl (C=O) groups excluding carboxylic acids is 1. The summed E-state index contributed by atoms with van der Waals surface area (Å²) in [7, 11) is 1.89. The summed E-state index contributed by atoms with van der Waals surface area (Å²) in [6.45, 7) is 0.385. The summed E-state index contributed by atoms with van der Waals surface area (Å²) in [4.78, 5) is 12.3. The minimum Gasteiger partial charge on any atom is -0.485 e. The van der Waals surface area contributed by atoms with Gasteiger partial charge in [0, 0.05) is 13.1 Å². The monoisotopic (exact) mass is 402 g/mol. The maximum absolute atomic E-state index is 12.3. The zero-order chi connectivity index (χ0) is 19.3. The van der Waals surface area contributed by atoms with Crippen LogP contribution in [0.2, 0.25) is 0 Å². The molecule has 7 nitrogen and oxygen atoms in total. The van der Waals surface area contributed by atoms with E-state index in [1.807, 2.05) is 35.9 Å². The number of para-hydroxylation sites is 2. The first-order chi connectivity index (χ1) is 13.7. The second-order valence-corrected chi connectivity index (χ2v) is 8.25. The van der Waals surface area contributed by atoms with Gasteiger partial charge in [-0.1, -0.05) is 49.6 Å². The molecule has 1 aliphatic carbocycles. The van der Waals surface area contributed by atoms with E-state index >= 15 is 0 Å². The molecular weight excluding hydrogens is 376 g/mol. The van der Waals surface area contributed by atoms with Crippen molar-refractivity contribution in [3.63, 3.8) is 0 Å². The molecule has 1 fully saturated rings. The van der Waals surface area contributed by atoms with Crippen LogP contribution in [-0.2, 0) is 11.8 Å². The summed E-state index contributed by atoms with van der Waals surface area (Å²) in [5.74, 6) is 2.55. The third-order valence-electron chi connectivity index (χ3n) is 5.22. The van der Waals surface area contributed by atoms with Gasteiger partial charge >= 0.3 is 0 Å². The Morgan fingerprint density at radius 3 is 2.71 bits per heavy atom. The zero-order valence-electron chi connectivity index (χ0n) is 16.1. The van der Waals surface area contributed by atoms with Crippen molar-refractivity contribution < 1.29 is 14.3 Å². The van der Waals surface area contributed by atoms with Gasteiger partial charge in [0.1, 0.15) is 6.61 Å². The van der Waals surface area contributed by atoms with Crippen LogP contribution in [0.25, 0.3) is 0 Å². The number of ether oxygens (including phenoxy) is 2. The number of hydrogen-bond acceptors (Lipinski definition) is 6. The molecule has 1 amide bonds. The molecule has 0 bridgehead atoms. The molecule has 2 aromatic rings. The predicted octanol–water partition coefficient (Wildman–Crippen LogP) is 3.26. The number of rotatable bonds is 5. The standard InChI is InChI=1S/C20H26N4O3S/c1-24-19(17-12-26-15-10-6-7-11-16(15)27-17)22-23-20(24)28-13-18(25)21-14-8-4-2-3-5-9-14/h6-7,10-11,14,17H,2-5,8-9,12-13H2,1H3,(H,21,25). The molecule has 4 rings (SSSR count). The van der Waals surface area contributed by atoms with Crippen LogP contribution in [0.3, 0.4) is 0 Å². The number of aromatic nitrogens is 3. The van der Waals surface area contributed by atoms with Gasteiger partial charge in [0.2, 0.25) is 5.91 Å². The average molecular weight is 403 g/mol. The SMILES string of the molecule is Cn1c(SCC(=O)NC2CCCCCC2)nnc1C1COc2ccccc2O1. The van der Waals surface area contributed by atoms with E-state index in [0.29, 0.717) is 35.1 Å². The molecule has 2 aliphatic rings. The summed E-state index contributed by atoms with van der Waals surface area (Å²) in [5.41, 5.74) is 0. The number of benzene rings is 1. The molecule has 0 saturated heterocycles. The molecule has 1 aromatic carbocycles. The lowest BCUT2D eigenvalue weighted by Gasteiger charge is -2.25. The Hall–Kier alpha value is -2.22. The highest BCUT2D eigenvalue weighted by molar-refractivity contribution is 7.99. The summed E-state index contributed by atoms with van der Waals surface area (Å²) in [5, 5.41) is 12.4. The van der Waals surface area contributed by atoms with Crippen molar-refractivity contribution in [2.24, 2.45) is 7.05 Å². The van der Waals surface area contributed by atoms with E-state index in [-0.39, 0.29) is 12.0 Å². The number of fused-ring (bicyclic) bond motifs is 1. The van der Waals surface area contributed by atoms with Crippen LogP contribution < -0.4 is 14.8 Å². The molecule has 1 atom stereocenters. The molecule has 1 aromatic heterocycles. The van der Waals surface area contributed by atoms with Gasteiger partial charge in [-0.3, -0.25) is 4.79 Å². The third kappa shape index (κ3) is 4.43. The lowest BCUT2D eigenvalue weighted by molar-refractivity contribution is -0.119. The number of nitrogens with zero attached hydrogens (tertiary/aromatic N) is 3. The van der Waals surface area contributed by atoms with Crippen LogP contribution >= 0.6 is 11.8 Å². The lowest BCUT2D eigenvalue weighted by Crippen LogP contribution is -2.35. The van der Waals surface area contributed by atoms with Crippen LogP contribution in [0.15, 0.2) is 29.4 Å². The normalized spacial score (nSPS) is 19.8. The molecule has 0 radical (unpaired) electrons. The van der Waals surface area contributed by atoms with Gasteiger partial charge in [0.25, 0.3) is 0 Å². The maximum atomic E-state index is 12.3. The highest BCUT2D eigenvalue weighted by atomic mass is 32.2. The van der Waals surface area contributed by atoms with Crippen molar-refractivity contribution in [2.45, 2.75) is 55.8 Å². The fourth-order valence-corrected chi connectivity index (χ4v) is 4.43. The smallest absolute Gasteiger partial charge is 0.230 e. The Labute approximate surface area is 169 Å². The molecule has 28 heavy (non-hydrogen) atoms. The number of thioether (sulfide) groups is 1. The van der Waals surface area contributed by atoms with Crippen molar-refractivity contribution >= 4 is 17.7 Å². The van der Waals surface area contributed by atoms with Gasteiger partial charge in [-0.2, -0.15) is 0 Å². The van der Waals surface area contributed by atoms with Crippen molar-refractivity contribution in [2.75, 3.05) is 12.4 Å². The topological polar surface area (TPSA) is 78.3 Å². The van der Waals surface area contributed by atoms with E-state index in [1.54, 1.807) is 0 Å². The van der Waals surface area contributed by atoms with Crippen LogP contribution in [0.5, 0.6) is 11.5 Å². The average Bonchev–Trinajstić information content (AvgIpc) is 2.90. The molecule has 8 heteroatoms. The fraction of sp³-hybridized carbons (Fsp3) is 0.550. The minimum absolute atomic E-state index is 0.0626. The minimum atomic E-state index is -0.318. The highest BCUT2D eigenvalue weighted by Crippen LogP contribution is 2.35. The fourth-order valence-electron chi connectivity index (χ4n) is 3.70. The van der Waals surface area contributed by atoms with Crippen molar-refractivity contribution in [1.82, 2.24) is 20.1 Å². The molecule has 2 heterocycles. The maximum Gasteiger partial charge on any atom is 0.230 e. The Bertz CT molecular complexity index is 818. The van der Waals surface area contributed by atoms with E-state index in [0.717, 1.165) is 18.6 Å². The van der Waals surface area contributed by atoms with E-state index in [1.165, 1.54) is 37.4 Å². The predicted molar refractivity (Wildman–Crippen MR) is 107 cm³/mol. The van der Waals surface area contributed by atoms with Gasteiger partial charge in [0.15, 0.2) is 28.6 Å². The van der Waals surface area contributed by atoms with Crippen LogP contribution in [0.1, 0.15) is 50.5 Å². The van der Waals surface area contributed by atoms with Crippen LogP contribution in [0, 0.1) is 0 Å². The highest BCUT2D eigenvalue weighted by Gasteiger charge is 2.27. The number of nitrogens with one attached hydrogen (secondary N) is 1. The van der Waals surface area contributed by atoms with Gasteiger partial charge in [-0.15, -0.1) is 10.2 Å². The quantitative estimate of drug-likeness (QED) is 0.611. The molecular formula is C20H26N4O3S. The first-order valence-electron chi connectivity index (χ1n) is 9.90. The molecule has 1 aliphatic heterocycles. The number of carbonyl (C=O) groups is 1. The van der Waals surface area contributed by atoms with Crippen molar-refractivity contribution in [1.29, 1.82) is 0 Å². The van der Waals surface area contributed by atoms with Gasteiger partial charge < -0.3 is 19.4 Å². The van der Waals surface area contributed by atoms with Gasteiger partial charge in [0.05, 0.1) is 5.75 Å². The van der Waals surface area contributed by atoms with Crippen molar-refractivity contribution in [3.05, 3.63) is 30.1 Å². The van der Waals surface area contributed by atoms with E-state index in [2.05, 4.69) is 15.5 Å². The summed E-state index contributed by atoms with van der Waals surface area (Å²) < 4.78 is 13.7. The Balaban J connectivity index is 1.33. The first-order valence-corrected chi connectivity index (χ1v) is 10.9. The lowest BCUT2D eigenvalue weighted by atomic mass is 10.1. The Morgan fingerprint density at radius 1 is 1.18 bits per heavy atom. The summed E-state index contributed by atoms with van der Waals surface area (Å²) in [6, 6.07) is 7.91. The van der Waals surface area contributed by atoms with Crippen LogP contribution in [-0.4, -0.2) is 39.1 Å². The summed E-state index contributed by atoms with van der Waals surface area (Å²) >= 11 is 1.40. The Kier molecular flexibility index (Phi) is 6.04. The molecule has 1 saturated carbocycles. The second kappa shape index (κ2) is 8.86. The second-order valence-electron chi connectivity index (χ2n) is 7.31. The van der Waals surface area contributed by atoms with Crippen LogP contribution in [0.4, 0.5) is 0 Å². The summed E-state index contributed by atoms with van der Waals surface area (Å²) in [6.07, 6.45) is 6.83. The van der Waals surface area contributed by atoms with E-state index in [9.17, 15) is 4.79 Å². The first kappa shape index (κ1) is 19.1. The molecule has 1 N–H and O–H groups in total. The third-order valence-corrected chi connectivity index (χ3v) is 6.24. The molecule has 150 valence electrons. The van der Waals surface area contributed by atoms with E-state index in [4.69, 9.17) is 9.47 Å². The zero-order valence-corrected chi connectivity index (χ0v) is 16.9. The Morgan fingerprint density at radius 2 is 1.93 bits per heavy atom. The van der Waals surface area contributed by atoms with Gasteiger partial charge in [-0.25, -0.2) is 0 Å². The largest absolute Gasteiger partial charge is 0.485 e. The van der Waals surface area contributed by atoms with Gasteiger partial charge in [-0.05, 0) is 25.0 Å². The van der Waals surface area contributed by atoms with E-state index < -0.39 is 0 Å². The number of hydrogen-bond donors (Lipinski definition) is 1.